The zero-order chi connectivity index (χ0) is 13.0. The summed E-state index contributed by atoms with van der Waals surface area (Å²) < 4.78 is 0. The maximum Gasteiger partial charge on any atom is 0.0398 e. The predicted octanol–water partition coefficient (Wildman–Crippen LogP) is 5.37. The quantitative estimate of drug-likeness (QED) is 0.666. The van der Waals surface area contributed by atoms with E-state index in [0.717, 1.165) is 12.8 Å². The molecule has 0 bridgehead atoms. The molecule has 94 valence electrons. The third-order valence-corrected chi connectivity index (χ3v) is 4.32. The Labute approximate surface area is 118 Å². The smallest absolute Gasteiger partial charge is 0.0398 e. The maximum atomic E-state index is 3.79. The van der Waals surface area contributed by atoms with Gasteiger partial charge < -0.3 is 0 Å². The summed E-state index contributed by atoms with van der Waals surface area (Å²) in [5.41, 5.74) is 5.58. The van der Waals surface area contributed by atoms with E-state index >= 15 is 0 Å². The number of aryl methyl sites for hydroxylation is 3. The normalized spacial score (nSPS) is 12.4. The molecule has 2 aromatic carbocycles. The molecule has 18 heavy (non-hydrogen) atoms. The van der Waals surface area contributed by atoms with Crippen molar-refractivity contribution in [2.45, 2.75) is 31.5 Å². The van der Waals surface area contributed by atoms with E-state index in [-0.39, 0.29) is 0 Å². The summed E-state index contributed by atoms with van der Waals surface area (Å²) in [5.74, 6) is 0. The Morgan fingerprint density at radius 3 is 2.44 bits per heavy atom. The van der Waals surface area contributed by atoms with Crippen LogP contribution in [0.5, 0.6) is 0 Å². The lowest BCUT2D eigenvalue weighted by atomic mass is 9.99. The molecule has 2 aromatic rings. The topological polar surface area (TPSA) is 0 Å². The molecule has 0 N–H and O–H groups in total. The van der Waals surface area contributed by atoms with Gasteiger partial charge in [0.05, 0.1) is 0 Å². The standard InChI is InChI=1S/C17H19Br/c1-13-8-9-14(2)16(12-13)10-11-17(18)15-6-4-3-5-7-15/h3-9,12,17H,10-11H2,1-2H3. The van der Waals surface area contributed by atoms with Gasteiger partial charge in [-0.1, -0.05) is 70.0 Å². The van der Waals surface area contributed by atoms with Gasteiger partial charge in [-0.05, 0) is 43.4 Å². The fraction of sp³-hybridized carbons (Fsp3) is 0.294. The fourth-order valence-electron chi connectivity index (χ4n) is 2.18. The van der Waals surface area contributed by atoms with Crippen LogP contribution >= 0.6 is 15.9 Å². The van der Waals surface area contributed by atoms with Crippen molar-refractivity contribution in [2.75, 3.05) is 0 Å². The minimum absolute atomic E-state index is 0.443. The van der Waals surface area contributed by atoms with Crippen LogP contribution in [0, 0.1) is 13.8 Å². The van der Waals surface area contributed by atoms with Crippen molar-refractivity contribution < 1.29 is 0 Å². The molecule has 1 unspecified atom stereocenters. The van der Waals surface area contributed by atoms with Gasteiger partial charge in [0, 0.05) is 4.83 Å². The molecule has 0 aliphatic heterocycles. The van der Waals surface area contributed by atoms with Crippen LogP contribution in [0.4, 0.5) is 0 Å². The van der Waals surface area contributed by atoms with Gasteiger partial charge in [-0.25, -0.2) is 0 Å². The third kappa shape index (κ3) is 3.46. The summed E-state index contributed by atoms with van der Waals surface area (Å²) in [7, 11) is 0. The molecule has 0 nitrogen and oxygen atoms in total. The van der Waals surface area contributed by atoms with E-state index in [1.54, 1.807) is 0 Å². The lowest BCUT2D eigenvalue weighted by Crippen LogP contribution is -1.96. The van der Waals surface area contributed by atoms with E-state index < -0.39 is 0 Å². The van der Waals surface area contributed by atoms with E-state index in [1.165, 1.54) is 22.3 Å². The summed E-state index contributed by atoms with van der Waals surface area (Å²) in [6.45, 7) is 4.35. The highest BCUT2D eigenvalue weighted by Gasteiger charge is 2.08. The van der Waals surface area contributed by atoms with E-state index in [4.69, 9.17) is 0 Å². The van der Waals surface area contributed by atoms with Crippen molar-refractivity contribution in [1.82, 2.24) is 0 Å². The maximum absolute atomic E-state index is 3.79. The Balaban J connectivity index is 2.01. The Hall–Kier alpha value is -1.08. The monoisotopic (exact) mass is 302 g/mol. The molecule has 0 heterocycles. The van der Waals surface area contributed by atoms with Gasteiger partial charge in [0.1, 0.15) is 0 Å². The van der Waals surface area contributed by atoms with Crippen LogP contribution < -0.4 is 0 Å². The van der Waals surface area contributed by atoms with Gasteiger partial charge in [-0.3, -0.25) is 0 Å². The molecular formula is C17H19Br. The number of alkyl halides is 1. The minimum atomic E-state index is 0.443. The van der Waals surface area contributed by atoms with Crippen molar-refractivity contribution in [3.8, 4) is 0 Å². The molecule has 2 rings (SSSR count). The van der Waals surface area contributed by atoms with Crippen molar-refractivity contribution in [2.24, 2.45) is 0 Å². The van der Waals surface area contributed by atoms with Crippen LogP contribution in [-0.4, -0.2) is 0 Å². The molecule has 0 aliphatic carbocycles. The van der Waals surface area contributed by atoms with Crippen molar-refractivity contribution >= 4 is 15.9 Å². The van der Waals surface area contributed by atoms with E-state index in [9.17, 15) is 0 Å². The summed E-state index contributed by atoms with van der Waals surface area (Å²) in [4.78, 5) is 0.443. The van der Waals surface area contributed by atoms with Crippen molar-refractivity contribution in [1.29, 1.82) is 0 Å². The Morgan fingerprint density at radius 1 is 1.00 bits per heavy atom. The molecule has 0 fully saturated rings. The van der Waals surface area contributed by atoms with E-state index in [2.05, 4.69) is 78.3 Å². The van der Waals surface area contributed by atoms with E-state index in [1.807, 2.05) is 0 Å². The Bertz CT molecular complexity index is 502. The lowest BCUT2D eigenvalue weighted by Gasteiger charge is -2.12. The van der Waals surface area contributed by atoms with Gasteiger partial charge in [0.25, 0.3) is 0 Å². The molecule has 0 radical (unpaired) electrons. The lowest BCUT2D eigenvalue weighted by molar-refractivity contribution is 0.808. The number of rotatable bonds is 4. The van der Waals surface area contributed by atoms with Crippen LogP contribution in [-0.2, 0) is 6.42 Å². The second-order valence-electron chi connectivity index (χ2n) is 4.85. The third-order valence-electron chi connectivity index (χ3n) is 3.33. The molecule has 0 aliphatic rings. The first kappa shape index (κ1) is 13.4. The molecule has 0 aromatic heterocycles. The highest BCUT2D eigenvalue weighted by molar-refractivity contribution is 9.09. The fourth-order valence-corrected chi connectivity index (χ4v) is 2.71. The van der Waals surface area contributed by atoms with Gasteiger partial charge in [-0.15, -0.1) is 0 Å². The number of halogens is 1. The number of hydrogen-bond donors (Lipinski definition) is 0. The molecule has 1 atom stereocenters. The second-order valence-corrected chi connectivity index (χ2v) is 5.95. The van der Waals surface area contributed by atoms with Crippen LogP contribution in [0.15, 0.2) is 48.5 Å². The van der Waals surface area contributed by atoms with Crippen molar-refractivity contribution in [3.05, 3.63) is 70.8 Å². The van der Waals surface area contributed by atoms with Gasteiger partial charge >= 0.3 is 0 Å². The first-order valence-corrected chi connectivity index (χ1v) is 7.33. The zero-order valence-corrected chi connectivity index (χ0v) is 12.6. The molecule has 0 spiro atoms. The van der Waals surface area contributed by atoms with Gasteiger partial charge in [0.15, 0.2) is 0 Å². The van der Waals surface area contributed by atoms with E-state index in [0.29, 0.717) is 4.83 Å². The van der Waals surface area contributed by atoms with Gasteiger partial charge in [-0.2, -0.15) is 0 Å². The summed E-state index contributed by atoms with van der Waals surface area (Å²) >= 11 is 3.79. The molecule has 0 amide bonds. The van der Waals surface area contributed by atoms with Gasteiger partial charge in [0.2, 0.25) is 0 Å². The van der Waals surface area contributed by atoms with Crippen LogP contribution in [0.1, 0.15) is 33.5 Å². The minimum Gasteiger partial charge on any atom is -0.0839 e. The van der Waals surface area contributed by atoms with Crippen LogP contribution in [0.2, 0.25) is 0 Å². The zero-order valence-electron chi connectivity index (χ0n) is 11.0. The average molecular weight is 303 g/mol. The second kappa shape index (κ2) is 6.19. The first-order valence-electron chi connectivity index (χ1n) is 6.42. The number of hydrogen-bond acceptors (Lipinski definition) is 0. The molecule has 0 saturated carbocycles. The Morgan fingerprint density at radius 2 is 1.72 bits per heavy atom. The molecule has 1 heteroatoms. The summed E-state index contributed by atoms with van der Waals surface area (Å²) in [5, 5.41) is 0. The average Bonchev–Trinajstić information content (AvgIpc) is 2.40. The van der Waals surface area contributed by atoms with Crippen LogP contribution in [0.3, 0.4) is 0 Å². The number of benzene rings is 2. The summed E-state index contributed by atoms with van der Waals surface area (Å²) in [6, 6.07) is 17.3. The van der Waals surface area contributed by atoms with Crippen LogP contribution in [0.25, 0.3) is 0 Å². The largest absolute Gasteiger partial charge is 0.0839 e. The Kier molecular flexibility index (Phi) is 4.60. The highest BCUT2D eigenvalue weighted by Crippen LogP contribution is 2.28. The SMILES string of the molecule is Cc1ccc(C)c(CCC(Br)c2ccccc2)c1. The predicted molar refractivity (Wildman–Crippen MR) is 82.3 cm³/mol. The highest BCUT2D eigenvalue weighted by atomic mass is 79.9. The van der Waals surface area contributed by atoms with Crippen molar-refractivity contribution in [3.63, 3.8) is 0 Å². The summed E-state index contributed by atoms with van der Waals surface area (Å²) in [6.07, 6.45) is 2.26. The first-order chi connectivity index (χ1) is 8.66. The molecular weight excluding hydrogens is 284 g/mol. The molecule has 0 saturated heterocycles.